The first-order valence-corrected chi connectivity index (χ1v) is 9.32. The smallest absolute Gasteiger partial charge is 0.174 e. The highest BCUT2D eigenvalue weighted by molar-refractivity contribution is 7.80. The molecular weight excluding hydrogens is 320 g/mol. The van der Waals surface area contributed by atoms with Crippen molar-refractivity contribution in [2.24, 2.45) is 5.92 Å². The maximum Gasteiger partial charge on any atom is 0.174 e. The second-order valence-electron chi connectivity index (χ2n) is 6.94. The molecule has 2 aliphatic rings. The number of piperidine rings is 1. The van der Waals surface area contributed by atoms with E-state index >= 15 is 0 Å². The Bertz CT molecular complexity index is 546. The largest absolute Gasteiger partial charge is 0.379 e. The van der Waals surface area contributed by atoms with E-state index in [-0.39, 0.29) is 0 Å². The highest BCUT2D eigenvalue weighted by Gasteiger charge is 2.23. The summed E-state index contributed by atoms with van der Waals surface area (Å²) in [6.07, 6.45) is 2.42. The van der Waals surface area contributed by atoms with Crippen LogP contribution in [0.4, 0.5) is 5.82 Å². The topological polar surface area (TPSA) is 40.6 Å². The summed E-state index contributed by atoms with van der Waals surface area (Å²) in [5.74, 6) is 1.63. The Labute approximate surface area is 150 Å². The number of aromatic nitrogens is 1. The van der Waals surface area contributed by atoms with Gasteiger partial charge >= 0.3 is 0 Å². The van der Waals surface area contributed by atoms with Gasteiger partial charge in [-0.25, -0.2) is 4.98 Å². The van der Waals surface area contributed by atoms with Crippen LogP contribution in [0, 0.1) is 19.8 Å². The van der Waals surface area contributed by atoms with E-state index in [1.165, 1.54) is 24.9 Å². The molecule has 0 bridgehead atoms. The molecule has 0 aromatic carbocycles. The van der Waals surface area contributed by atoms with E-state index in [2.05, 4.69) is 33.1 Å². The van der Waals surface area contributed by atoms with Crippen molar-refractivity contribution in [1.82, 2.24) is 14.8 Å². The lowest BCUT2D eigenvalue weighted by atomic mass is 9.96. The first-order valence-electron chi connectivity index (χ1n) is 8.91. The van der Waals surface area contributed by atoms with Gasteiger partial charge in [0.1, 0.15) is 5.82 Å². The van der Waals surface area contributed by atoms with Crippen molar-refractivity contribution >= 4 is 23.1 Å². The summed E-state index contributed by atoms with van der Waals surface area (Å²) in [6.45, 7) is 11.3. The first-order chi connectivity index (χ1) is 11.6. The molecule has 2 aliphatic heterocycles. The van der Waals surface area contributed by atoms with E-state index in [0.29, 0.717) is 0 Å². The molecule has 1 N–H and O–H groups in total. The number of morpholine rings is 1. The SMILES string of the molecule is Cc1cc(C)nc(NC(=S)N2CCC(CN3CCOCC3)CC2)c1. The molecule has 0 unspecified atom stereocenters. The van der Waals surface area contributed by atoms with Crippen LogP contribution in [0.5, 0.6) is 0 Å². The number of anilines is 1. The van der Waals surface area contributed by atoms with Crippen LogP contribution < -0.4 is 5.32 Å². The molecule has 1 aromatic heterocycles. The molecule has 2 saturated heterocycles. The van der Waals surface area contributed by atoms with Crippen LogP contribution in [0.1, 0.15) is 24.1 Å². The molecule has 2 fully saturated rings. The van der Waals surface area contributed by atoms with Gasteiger partial charge in [-0.15, -0.1) is 0 Å². The molecule has 6 heteroatoms. The van der Waals surface area contributed by atoms with Crippen molar-refractivity contribution in [1.29, 1.82) is 0 Å². The number of likely N-dealkylation sites (tertiary alicyclic amines) is 1. The predicted molar refractivity (Wildman–Crippen MR) is 101 cm³/mol. The predicted octanol–water partition coefficient (Wildman–Crippen LogP) is 2.44. The zero-order valence-electron chi connectivity index (χ0n) is 14.8. The van der Waals surface area contributed by atoms with Gasteiger partial charge in [0, 0.05) is 38.4 Å². The van der Waals surface area contributed by atoms with Gasteiger partial charge in [-0.05, 0) is 62.5 Å². The number of nitrogens with one attached hydrogen (secondary N) is 1. The number of hydrogen-bond acceptors (Lipinski definition) is 4. The Hall–Kier alpha value is -1.24. The van der Waals surface area contributed by atoms with Crippen molar-refractivity contribution in [3.05, 3.63) is 23.4 Å². The minimum atomic E-state index is 0.779. The number of rotatable bonds is 3. The lowest BCUT2D eigenvalue weighted by molar-refractivity contribution is 0.0266. The van der Waals surface area contributed by atoms with E-state index < -0.39 is 0 Å². The lowest BCUT2D eigenvalue weighted by Gasteiger charge is -2.37. The Balaban J connectivity index is 1.46. The Morgan fingerprint density at radius 1 is 1.21 bits per heavy atom. The van der Waals surface area contributed by atoms with Crippen LogP contribution in [-0.2, 0) is 4.74 Å². The first kappa shape index (κ1) is 17.6. The zero-order chi connectivity index (χ0) is 16.9. The Morgan fingerprint density at radius 3 is 2.58 bits per heavy atom. The van der Waals surface area contributed by atoms with E-state index in [4.69, 9.17) is 17.0 Å². The van der Waals surface area contributed by atoms with E-state index in [1.807, 2.05) is 13.0 Å². The molecule has 24 heavy (non-hydrogen) atoms. The number of pyridine rings is 1. The number of nitrogens with zero attached hydrogens (tertiary/aromatic N) is 3. The van der Waals surface area contributed by atoms with Gasteiger partial charge < -0.3 is 15.0 Å². The molecule has 5 nitrogen and oxygen atoms in total. The van der Waals surface area contributed by atoms with Gasteiger partial charge in [0.15, 0.2) is 5.11 Å². The van der Waals surface area contributed by atoms with Crippen LogP contribution in [0.2, 0.25) is 0 Å². The molecule has 3 rings (SSSR count). The minimum absolute atomic E-state index is 0.779. The molecule has 0 spiro atoms. The average molecular weight is 349 g/mol. The van der Waals surface area contributed by atoms with Crippen molar-refractivity contribution in [3.8, 4) is 0 Å². The van der Waals surface area contributed by atoms with E-state index in [1.54, 1.807) is 0 Å². The zero-order valence-corrected chi connectivity index (χ0v) is 15.6. The molecule has 0 radical (unpaired) electrons. The fourth-order valence-corrected chi connectivity index (χ4v) is 3.85. The summed E-state index contributed by atoms with van der Waals surface area (Å²) in [6, 6.07) is 4.12. The van der Waals surface area contributed by atoms with E-state index in [0.717, 1.165) is 61.9 Å². The molecule has 0 aliphatic carbocycles. The maximum atomic E-state index is 5.59. The monoisotopic (exact) mass is 348 g/mol. The summed E-state index contributed by atoms with van der Waals surface area (Å²) < 4.78 is 5.43. The summed E-state index contributed by atoms with van der Waals surface area (Å²) >= 11 is 5.59. The van der Waals surface area contributed by atoms with Crippen LogP contribution in [0.3, 0.4) is 0 Å². The lowest BCUT2D eigenvalue weighted by Crippen LogP contribution is -2.45. The van der Waals surface area contributed by atoms with Gasteiger partial charge in [0.05, 0.1) is 13.2 Å². The van der Waals surface area contributed by atoms with Gasteiger partial charge in [0.2, 0.25) is 0 Å². The average Bonchev–Trinajstić information content (AvgIpc) is 2.55. The highest BCUT2D eigenvalue weighted by Crippen LogP contribution is 2.20. The maximum absolute atomic E-state index is 5.59. The van der Waals surface area contributed by atoms with Crippen LogP contribution in [0.15, 0.2) is 12.1 Å². The third-order valence-electron chi connectivity index (χ3n) is 4.85. The third kappa shape index (κ3) is 4.88. The van der Waals surface area contributed by atoms with Crippen molar-refractivity contribution in [2.75, 3.05) is 51.3 Å². The fourth-order valence-electron chi connectivity index (χ4n) is 3.56. The van der Waals surface area contributed by atoms with Gasteiger partial charge in [-0.1, -0.05) is 0 Å². The Kier molecular flexibility index (Phi) is 6.03. The quantitative estimate of drug-likeness (QED) is 0.846. The third-order valence-corrected chi connectivity index (χ3v) is 5.21. The highest BCUT2D eigenvalue weighted by atomic mass is 32.1. The molecular formula is C18H28N4OS. The number of thiocarbonyl (C=S) groups is 1. The standard InChI is InChI=1S/C18H28N4OS/c1-14-11-15(2)19-17(12-14)20-18(24)22-5-3-16(4-6-22)13-21-7-9-23-10-8-21/h11-12,16H,3-10,13H2,1-2H3,(H,19,20,24). The van der Waals surface area contributed by atoms with Crippen molar-refractivity contribution in [3.63, 3.8) is 0 Å². The second-order valence-corrected chi connectivity index (χ2v) is 7.33. The molecule has 1 aromatic rings. The minimum Gasteiger partial charge on any atom is -0.379 e. The van der Waals surface area contributed by atoms with Gasteiger partial charge in [-0.3, -0.25) is 4.90 Å². The molecule has 3 heterocycles. The summed E-state index contributed by atoms with van der Waals surface area (Å²) in [4.78, 5) is 9.34. The van der Waals surface area contributed by atoms with E-state index in [9.17, 15) is 0 Å². The van der Waals surface area contributed by atoms with Gasteiger partial charge in [0.25, 0.3) is 0 Å². The van der Waals surface area contributed by atoms with Crippen LogP contribution in [-0.4, -0.2) is 65.8 Å². The number of hydrogen-bond donors (Lipinski definition) is 1. The number of aryl methyl sites for hydroxylation is 2. The molecule has 0 saturated carbocycles. The fraction of sp³-hybridized carbons (Fsp3) is 0.667. The molecule has 0 amide bonds. The van der Waals surface area contributed by atoms with Crippen molar-refractivity contribution in [2.45, 2.75) is 26.7 Å². The van der Waals surface area contributed by atoms with Crippen LogP contribution in [0.25, 0.3) is 0 Å². The van der Waals surface area contributed by atoms with Gasteiger partial charge in [-0.2, -0.15) is 0 Å². The van der Waals surface area contributed by atoms with Crippen molar-refractivity contribution < 1.29 is 4.74 Å². The van der Waals surface area contributed by atoms with Crippen LogP contribution >= 0.6 is 12.2 Å². The second kappa shape index (κ2) is 8.23. The summed E-state index contributed by atoms with van der Waals surface area (Å²) in [5, 5.41) is 4.11. The summed E-state index contributed by atoms with van der Waals surface area (Å²) in [5.41, 5.74) is 2.22. The molecule has 0 atom stereocenters. The number of ether oxygens (including phenoxy) is 1. The molecule has 132 valence electrons. The summed E-state index contributed by atoms with van der Waals surface area (Å²) in [7, 11) is 0. The normalized spacial score (nSPS) is 20.2. The Morgan fingerprint density at radius 2 is 1.92 bits per heavy atom.